The van der Waals surface area contributed by atoms with Crippen LogP contribution >= 0.6 is 11.6 Å². The summed E-state index contributed by atoms with van der Waals surface area (Å²) in [5, 5.41) is 18.6. The summed E-state index contributed by atoms with van der Waals surface area (Å²) in [6.07, 6.45) is -0.0950. The second-order valence-electron chi connectivity index (χ2n) is 7.67. The van der Waals surface area contributed by atoms with Crippen LogP contribution in [0.15, 0.2) is 77.6 Å². The summed E-state index contributed by atoms with van der Waals surface area (Å²) < 4.78 is 1.14. The number of rotatable bonds is 8. The zero-order valence-electron chi connectivity index (χ0n) is 17.5. The smallest absolute Gasteiger partial charge is 0.307 e. The van der Waals surface area contributed by atoms with Gasteiger partial charge in [0.2, 0.25) is 0 Å². The molecule has 0 aliphatic carbocycles. The van der Waals surface area contributed by atoms with Gasteiger partial charge in [0.1, 0.15) is 5.52 Å². The van der Waals surface area contributed by atoms with Gasteiger partial charge in [0.15, 0.2) is 5.78 Å². The van der Waals surface area contributed by atoms with Gasteiger partial charge in [0, 0.05) is 23.6 Å². The average molecular weight is 462 g/mol. The van der Waals surface area contributed by atoms with Crippen molar-refractivity contribution in [2.45, 2.75) is 19.4 Å². The summed E-state index contributed by atoms with van der Waals surface area (Å²) >= 11 is 5.92. The molecule has 0 fully saturated rings. The molecule has 1 N–H and O–H groups in total. The minimum atomic E-state index is -1.09. The summed E-state index contributed by atoms with van der Waals surface area (Å²) in [4.78, 5) is 37.1. The number of aromatic nitrogens is 3. The number of carboxylic acids is 1. The van der Waals surface area contributed by atoms with Gasteiger partial charge in [0.05, 0.1) is 11.3 Å². The Labute approximate surface area is 194 Å². The van der Waals surface area contributed by atoms with E-state index in [1.165, 1.54) is 0 Å². The highest BCUT2D eigenvalue weighted by Crippen LogP contribution is 2.23. The molecule has 4 aromatic rings. The Balaban J connectivity index is 1.44. The van der Waals surface area contributed by atoms with Crippen LogP contribution in [0.2, 0.25) is 5.02 Å². The first-order valence-corrected chi connectivity index (χ1v) is 10.7. The number of carboxylic acid groups (broad SMARTS) is 1. The fourth-order valence-corrected chi connectivity index (χ4v) is 3.72. The van der Waals surface area contributed by atoms with Crippen LogP contribution in [0.1, 0.15) is 23.2 Å². The van der Waals surface area contributed by atoms with Crippen LogP contribution in [0.3, 0.4) is 0 Å². The van der Waals surface area contributed by atoms with E-state index in [1.807, 2.05) is 24.3 Å². The van der Waals surface area contributed by atoms with Gasteiger partial charge in [-0.3, -0.25) is 14.4 Å². The minimum absolute atomic E-state index is 0.0520. The maximum Gasteiger partial charge on any atom is 0.307 e. The molecule has 0 aliphatic heterocycles. The third-order valence-corrected chi connectivity index (χ3v) is 5.74. The standard InChI is InChI=1S/C25H20ClN3O4/c26-20-11-9-17(10-12-20)16-5-7-18(8-6-16)23(30)15-19(25(32)33)13-14-29-24(31)21-3-1-2-4-22(21)27-28-29/h1-12,19H,13-15H2,(H,32,33)/t19-/m0/s1. The fourth-order valence-electron chi connectivity index (χ4n) is 3.59. The van der Waals surface area contributed by atoms with Crippen molar-refractivity contribution in [2.75, 3.05) is 0 Å². The summed E-state index contributed by atoms with van der Waals surface area (Å²) in [5.74, 6) is -2.32. The molecule has 33 heavy (non-hydrogen) atoms. The summed E-state index contributed by atoms with van der Waals surface area (Å²) in [6, 6.07) is 21.2. The fraction of sp³-hybridized carbons (Fsp3) is 0.160. The molecule has 0 amide bonds. The van der Waals surface area contributed by atoms with Crippen molar-refractivity contribution in [3.63, 3.8) is 0 Å². The van der Waals surface area contributed by atoms with E-state index in [9.17, 15) is 19.5 Å². The Kier molecular flexibility index (Phi) is 6.60. The summed E-state index contributed by atoms with van der Waals surface area (Å²) in [6.45, 7) is 0.0520. The van der Waals surface area contributed by atoms with Crippen molar-refractivity contribution in [3.05, 3.63) is 93.7 Å². The number of aliphatic carboxylic acids is 1. The number of ketones is 1. The molecule has 0 radical (unpaired) electrons. The lowest BCUT2D eigenvalue weighted by Crippen LogP contribution is -2.27. The summed E-state index contributed by atoms with van der Waals surface area (Å²) in [7, 11) is 0. The highest BCUT2D eigenvalue weighted by atomic mass is 35.5. The molecule has 1 heterocycles. The zero-order chi connectivity index (χ0) is 23.4. The van der Waals surface area contributed by atoms with Gasteiger partial charge < -0.3 is 5.11 Å². The highest BCUT2D eigenvalue weighted by Gasteiger charge is 2.22. The maximum absolute atomic E-state index is 12.7. The van der Waals surface area contributed by atoms with Gasteiger partial charge in [0.25, 0.3) is 5.56 Å². The van der Waals surface area contributed by atoms with Crippen LogP contribution < -0.4 is 5.56 Å². The van der Waals surface area contributed by atoms with Gasteiger partial charge in [-0.05, 0) is 41.8 Å². The molecule has 3 aromatic carbocycles. The number of carbonyl (C=O) groups excluding carboxylic acids is 1. The molecule has 4 rings (SSSR count). The first-order chi connectivity index (χ1) is 15.9. The molecule has 0 bridgehead atoms. The quantitative estimate of drug-likeness (QED) is 0.388. The van der Waals surface area contributed by atoms with Crippen molar-refractivity contribution < 1.29 is 14.7 Å². The van der Waals surface area contributed by atoms with Crippen LogP contribution in [-0.2, 0) is 11.3 Å². The van der Waals surface area contributed by atoms with Crippen molar-refractivity contribution in [3.8, 4) is 11.1 Å². The molecular formula is C25H20ClN3O4. The third kappa shape index (κ3) is 5.15. The van der Waals surface area contributed by atoms with Gasteiger partial charge in [-0.25, -0.2) is 4.68 Å². The number of halogens is 1. The van der Waals surface area contributed by atoms with Crippen molar-refractivity contribution in [1.29, 1.82) is 0 Å². The number of benzene rings is 3. The van der Waals surface area contributed by atoms with E-state index in [2.05, 4.69) is 10.3 Å². The first-order valence-electron chi connectivity index (χ1n) is 10.4. The molecule has 7 nitrogen and oxygen atoms in total. The number of fused-ring (bicyclic) bond motifs is 1. The molecule has 0 saturated heterocycles. The zero-order valence-corrected chi connectivity index (χ0v) is 18.3. The van der Waals surface area contributed by atoms with Crippen LogP contribution in [0.5, 0.6) is 0 Å². The number of carbonyl (C=O) groups is 2. The number of hydrogen-bond acceptors (Lipinski definition) is 5. The van der Waals surface area contributed by atoms with Crippen LogP contribution in [0.4, 0.5) is 0 Å². The van der Waals surface area contributed by atoms with E-state index in [-0.39, 0.29) is 30.7 Å². The average Bonchev–Trinajstić information content (AvgIpc) is 2.83. The Morgan fingerprint density at radius 1 is 0.939 bits per heavy atom. The summed E-state index contributed by atoms with van der Waals surface area (Å²) in [5.41, 5.74) is 2.46. The van der Waals surface area contributed by atoms with Gasteiger partial charge in [-0.15, -0.1) is 5.10 Å². The highest BCUT2D eigenvalue weighted by molar-refractivity contribution is 6.30. The Morgan fingerprint density at radius 3 is 2.24 bits per heavy atom. The lowest BCUT2D eigenvalue weighted by Gasteiger charge is -2.12. The van der Waals surface area contributed by atoms with Gasteiger partial charge >= 0.3 is 5.97 Å². The number of Topliss-reactive ketones (excluding diaryl/α,β-unsaturated/α-hetero) is 1. The molecule has 0 aliphatic rings. The van der Waals surface area contributed by atoms with E-state index in [4.69, 9.17) is 11.6 Å². The van der Waals surface area contributed by atoms with Crippen molar-refractivity contribution in [1.82, 2.24) is 15.0 Å². The predicted octanol–water partition coefficient (Wildman–Crippen LogP) is 4.48. The maximum atomic E-state index is 12.7. The second-order valence-corrected chi connectivity index (χ2v) is 8.11. The molecule has 0 spiro atoms. The number of hydrogen-bond donors (Lipinski definition) is 1. The van der Waals surface area contributed by atoms with E-state index >= 15 is 0 Å². The molecule has 1 aromatic heterocycles. The van der Waals surface area contributed by atoms with Crippen LogP contribution in [-0.4, -0.2) is 31.9 Å². The molecule has 1 atom stereocenters. The number of nitrogens with zero attached hydrogens (tertiary/aromatic N) is 3. The van der Waals surface area contributed by atoms with Crippen LogP contribution in [0, 0.1) is 5.92 Å². The van der Waals surface area contributed by atoms with Gasteiger partial charge in [-0.2, -0.15) is 0 Å². The monoisotopic (exact) mass is 461 g/mol. The minimum Gasteiger partial charge on any atom is -0.481 e. The van der Waals surface area contributed by atoms with Crippen molar-refractivity contribution in [2.24, 2.45) is 5.92 Å². The van der Waals surface area contributed by atoms with E-state index < -0.39 is 11.9 Å². The van der Waals surface area contributed by atoms with Crippen molar-refractivity contribution >= 4 is 34.3 Å². The second kappa shape index (κ2) is 9.75. The topological polar surface area (TPSA) is 102 Å². The number of aryl methyl sites for hydroxylation is 1. The Bertz CT molecular complexity index is 1370. The SMILES string of the molecule is O=C(C[C@H](CCn1nnc2ccccc2c1=O)C(=O)O)c1ccc(-c2ccc(Cl)cc2)cc1. The van der Waals surface area contributed by atoms with Gasteiger partial charge in [-0.1, -0.05) is 65.3 Å². The molecular weight excluding hydrogens is 442 g/mol. The van der Waals surface area contributed by atoms with E-state index in [0.29, 0.717) is 21.5 Å². The Hall–Kier alpha value is -3.84. The third-order valence-electron chi connectivity index (χ3n) is 5.48. The lowest BCUT2D eigenvalue weighted by atomic mass is 9.94. The van der Waals surface area contributed by atoms with Crippen LogP contribution in [0.25, 0.3) is 22.0 Å². The normalized spacial score (nSPS) is 11.9. The van der Waals surface area contributed by atoms with E-state index in [1.54, 1.807) is 48.5 Å². The first kappa shape index (κ1) is 22.4. The molecule has 8 heteroatoms. The van der Waals surface area contributed by atoms with E-state index in [0.717, 1.165) is 15.8 Å². The Morgan fingerprint density at radius 2 is 1.58 bits per heavy atom. The lowest BCUT2D eigenvalue weighted by molar-refractivity contribution is -0.142. The molecule has 0 unspecified atom stereocenters. The molecule has 166 valence electrons. The molecule has 0 saturated carbocycles. The predicted molar refractivity (Wildman–Crippen MR) is 125 cm³/mol. The largest absolute Gasteiger partial charge is 0.481 e.